The van der Waals surface area contributed by atoms with Gasteiger partial charge in [0.1, 0.15) is 0 Å². The first-order chi connectivity index (χ1) is 7.01. The Bertz CT molecular complexity index is 307. The number of aromatic nitrogens is 2. The van der Waals surface area contributed by atoms with Crippen LogP contribution in [0.5, 0.6) is 0 Å². The summed E-state index contributed by atoms with van der Waals surface area (Å²) in [6.45, 7) is 8.22. The van der Waals surface area contributed by atoms with Crippen molar-refractivity contribution in [1.29, 1.82) is 0 Å². The van der Waals surface area contributed by atoms with E-state index < -0.39 is 5.54 Å². The molecule has 1 rings (SSSR count). The zero-order valence-corrected chi connectivity index (χ0v) is 10.1. The van der Waals surface area contributed by atoms with E-state index in [-0.39, 0.29) is 0 Å². The van der Waals surface area contributed by atoms with Crippen molar-refractivity contribution in [3.63, 3.8) is 0 Å². The molecule has 0 aliphatic heterocycles. The van der Waals surface area contributed by atoms with Crippen molar-refractivity contribution in [2.75, 3.05) is 0 Å². The van der Waals surface area contributed by atoms with Gasteiger partial charge in [0.05, 0.1) is 5.54 Å². The highest BCUT2D eigenvalue weighted by Crippen LogP contribution is 2.23. The Morgan fingerprint density at radius 3 is 2.67 bits per heavy atom. The number of hydrogen-bond acceptors (Lipinski definition) is 4. The summed E-state index contributed by atoms with van der Waals surface area (Å²) in [6, 6.07) is 0. The van der Waals surface area contributed by atoms with Crippen molar-refractivity contribution >= 4 is 0 Å². The van der Waals surface area contributed by atoms with Crippen molar-refractivity contribution in [3.05, 3.63) is 11.7 Å². The number of rotatable bonds is 5. The third-order valence-electron chi connectivity index (χ3n) is 2.75. The summed E-state index contributed by atoms with van der Waals surface area (Å²) >= 11 is 0. The van der Waals surface area contributed by atoms with Gasteiger partial charge in [-0.15, -0.1) is 0 Å². The van der Waals surface area contributed by atoms with Crippen LogP contribution < -0.4 is 5.73 Å². The van der Waals surface area contributed by atoms with Crippen LogP contribution in [-0.4, -0.2) is 10.1 Å². The maximum Gasteiger partial charge on any atom is 0.246 e. The van der Waals surface area contributed by atoms with Crippen LogP contribution in [0.2, 0.25) is 0 Å². The smallest absolute Gasteiger partial charge is 0.246 e. The molecule has 86 valence electrons. The van der Waals surface area contributed by atoms with Gasteiger partial charge >= 0.3 is 0 Å². The van der Waals surface area contributed by atoms with E-state index in [4.69, 9.17) is 10.3 Å². The molecule has 1 aromatic heterocycles. The topological polar surface area (TPSA) is 64.9 Å². The standard InChI is InChI=1S/C11H21N3O/c1-5-7-11(4,12)10-13-9(14-15-10)8(3)6-2/h8H,5-7,12H2,1-4H3. The van der Waals surface area contributed by atoms with Gasteiger partial charge in [-0.2, -0.15) is 4.98 Å². The molecule has 2 unspecified atom stereocenters. The molecular weight excluding hydrogens is 190 g/mol. The molecule has 0 saturated carbocycles. The third-order valence-corrected chi connectivity index (χ3v) is 2.75. The summed E-state index contributed by atoms with van der Waals surface area (Å²) in [5.41, 5.74) is 5.61. The second-order valence-electron chi connectivity index (χ2n) is 4.43. The number of nitrogens with two attached hydrogens (primary N) is 1. The lowest BCUT2D eigenvalue weighted by Gasteiger charge is -2.18. The Morgan fingerprint density at radius 2 is 2.13 bits per heavy atom. The lowest BCUT2D eigenvalue weighted by atomic mass is 9.97. The van der Waals surface area contributed by atoms with E-state index in [9.17, 15) is 0 Å². The van der Waals surface area contributed by atoms with Gasteiger partial charge in [-0.25, -0.2) is 0 Å². The quantitative estimate of drug-likeness (QED) is 0.812. The lowest BCUT2D eigenvalue weighted by Crippen LogP contribution is -2.33. The fraction of sp³-hybridized carbons (Fsp3) is 0.818. The van der Waals surface area contributed by atoms with Crippen LogP contribution in [0.15, 0.2) is 4.52 Å². The zero-order chi connectivity index (χ0) is 11.5. The average molecular weight is 211 g/mol. The van der Waals surface area contributed by atoms with E-state index in [1.807, 2.05) is 6.92 Å². The van der Waals surface area contributed by atoms with Crippen molar-refractivity contribution in [2.24, 2.45) is 5.73 Å². The van der Waals surface area contributed by atoms with Crippen LogP contribution >= 0.6 is 0 Å². The normalized spacial score (nSPS) is 17.4. The molecule has 0 aromatic carbocycles. The highest BCUT2D eigenvalue weighted by atomic mass is 16.5. The minimum absolute atomic E-state index is 0.333. The van der Waals surface area contributed by atoms with Gasteiger partial charge in [-0.05, 0) is 19.8 Å². The van der Waals surface area contributed by atoms with Crippen molar-refractivity contribution in [3.8, 4) is 0 Å². The molecule has 4 nitrogen and oxygen atoms in total. The van der Waals surface area contributed by atoms with Crippen LogP contribution in [0.4, 0.5) is 0 Å². The van der Waals surface area contributed by atoms with Crippen LogP contribution in [-0.2, 0) is 5.54 Å². The molecule has 0 amide bonds. The summed E-state index contributed by atoms with van der Waals surface area (Å²) in [5.74, 6) is 1.65. The SMILES string of the molecule is CCCC(C)(N)c1nc(C(C)CC)no1. The molecule has 1 heterocycles. The molecule has 15 heavy (non-hydrogen) atoms. The molecule has 0 radical (unpaired) electrons. The molecule has 0 fully saturated rings. The predicted molar refractivity (Wildman–Crippen MR) is 59.5 cm³/mol. The summed E-state index contributed by atoms with van der Waals surface area (Å²) in [7, 11) is 0. The molecule has 0 spiro atoms. The Labute approximate surface area is 91.2 Å². The Kier molecular flexibility index (Phi) is 3.85. The minimum Gasteiger partial charge on any atom is -0.337 e. The summed E-state index contributed by atoms with van der Waals surface area (Å²) in [4.78, 5) is 4.37. The number of nitrogens with zero attached hydrogens (tertiary/aromatic N) is 2. The first kappa shape index (κ1) is 12.2. The predicted octanol–water partition coefficient (Wildman–Crippen LogP) is 2.56. The van der Waals surface area contributed by atoms with Crippen LogP contribution in [0.1, 0.15) is 64.6 Å². The van der Waals surface area contributed by atoms with Crippen molar-refractivity contribution in [1.82, 2.24) is 10.1 Å². The molecule has 0 saturated heterocycles. The summed E-state index contributed by atoms with van der Waals surface area (Å²) in [6.07, 6.45) is 2.87. The summed E-state index contributed by atoms with van der Waals surface area (Å²) < 4.78 is 5.22. The highest BCUT2D eigenvalue weighted by molar-refractivity contribution is 5.02. The molecule has 0 aliphatic rings. The van der Waals surface area contributed by atoms with Crippen molar-refractivity contribution < 1.29 is 4.52 Å². The molecule has 4 heteroatoms. The fourth-order valence-electron chi connectivity index (χ4n) is 1.48. The van der Waals surface area contributed by atoms with Gasteiger partial charge in [0.2, 0.25) is 5.89 Å². The molecule has 0 aliphatic carbocycles. The van der Waals surface area contributed by atoms with Gasteiger partial charge < -0.3 is 10.3 Å². The van der Waals surface area contributed by atoms with Gasteiger partial charge in [-0.3, -0.25) is 0 Å². The van der Waals surface area contributed by atoms with Gasteiger partial charge in [0.15, 0.2) is 5.82 Å². The minimum atomic E-state index is -0.493. The molecule has 2 N–H and O–H groups in total. The van der Waals surface area contributed by atoms with Crippen LogP contribution in [0, 0.1) is 0 Å². The molecule has 0 bridgehead atoms. The number of hydrogen-bond donors (Lipinski definition) is 1. The largest absolute Gasteiger partial charge is 0.337 e. The molecule has 1 aromatic rings. The first-order valence-corrected chi connectivity index (χ1v) is 5.64. The average Bonchev–Trinajstić information content (AvgIpc) is 2.66. The van der Waals surface area contributed by atoms with Crippen LogP contribution in [0.3, 0.4) is 0 Å². The maximum atomic E-state index is 6.11. The fourth-order valence-corrected chi connectivity index (χ4v) is 1.48. The second-order valence-corrected chi connectivity index (χ2v) is 4.43. The lowest BCUT2D eigenvalue weighted by molar-refractivity contribution is 0.281. The van der Waals surface area contributed by atoms with E-state index >= 15 is 0 Å². The Balaban J connectivity index is 2.83. The second kappa shape index (κ2) is 4.75. The van der Waals surface area contributed by atoms with Gasteiger partial charge in [0, 0.05) is 5.92 Å². The Morgan fingerprint density at radius 1 is 1.47 bits per heavy atom. The van der Waals surface area contributed by atoms with Crippen LogP contribution in [0.25, 0.3) is 0 Å². The van der Waals surface area contributed by atoms with E-state index in [0.717, 1.165) is 25.1 Å². The van der Waals surface area contributed by atoms with Gasteiger partial charge in [-0.1, -0.05) is 32.3 Å². The van der Waals surface area contributed by atoms with E-state index in [2.05, 4.69) is 30.9 Å². The summed E-state index contributed by atoms with van der Waals surface area (Å²) in [5, 5.41) is 3.97. The van der Waals surface area contributed by atoms with E-state index in [1.54, 1.807) is 0 Å². The highest BCUT2D eigenvalue weighted by Gasteiger charge is 2.27. The first-order valence-electron chi connectivity index (χ1n) is 5.64. The zero-order valence-electron chi connectivity index (χ0n) is 10.1. The molecule has 2 atom stereocenters. The molecular formula is C11H21N3O. The monoisotopic (exact) mass is 211 g/mol. The van der Waals surface area contributed by atoms with E-state index in [0.29, 0.717) is 11.8 Å². The Hall–Kier alpha value is -0.900. The van der Waals surface area contributed by atoms with Crippen molar-refractivity contribution in [2.45, 2.75) is 58.4 Å². The third kappa shape index (κ3) is 2.78. The van der Waals surface area contributed by atoms with E-state index in [1.165, 1.54) is 0 Å². The maximum absolute atomic E-state index is 6.11. The van der Waals surface area contributed by atoms with Gasteiger partial charge in [0.25, 0.3) is 0 Å².